The second-order valence-electron chi connectivity index (χ2n) is 5.99. The van der Waals surface area contributed by atoms with Crippen LogP contribution in [-0.2, 0) is 6.42 Å². The van der Waals surface area contributed by atoms with Crippen LogP contribution in [0.15, 0.2) is 59.4 Å². The summed E-state index contributed by atoms with van der Waals surface area (Å²) < 4.78 is 43.5. The fourth-order valence-electron chi connectivity index (χ4n) is 3.25. The van der Waals surface area contributed by atoms with E-state index in [9.17, 15) is 18.0 Å². The van der Waals surface area contributed by atoms with Gasteiger partial charge in [0.2, 0.25) is 0 Å². The summed E-state index contributed by atoms with van der Waals surface area (Å²) in [6.07, 6.45) is -3.30. The number of nitrogens with zero attached hydrogens (tertiary/aromatic N) is 3. The number of ether oxygens (including phenoxy) is 1. The van der Waals surface area contributed by atoms with Crippen molar-refractivity contribution in [3.8, 4) is 11.4 Å². The molecule has 8 heteroatoms. The van der Waals surface area contributed by atoms with Crippen LogP contribution in [0.2, 0.25) is 0 Å². The molecule has 26 heavy (non-hydrogen) atoms. The third-order valence-corrected chi connectivity index (χ3v) is 4.33. The van der Waals surface area contributed by atoms with Gasteiger partial charge in [-0.05, 0) is 36.2 Å². The average Bonchev–Trinajstić information content (AvgIpc) is 3.16. The topological polar surface area (TPSA) is 49.1 Å². The molecule has 134 valence electrons. The molecule has 3 aromatic rings. The first-order valence-corrected chi connectivity index (χ1v) is 8.04. The van der Waals surface area contributed by atoms with Gasteiger partial charge in [0.1, 0.15) is 11.6 Å². The highest BCUT2D eigenvalue weighted by atomic mass is 19.4. The number of benzene rings is 2. The lowest BCUT2D eigenvalue weighted by Crippen LogP contribution is -2.26. The largest absolute Gasteiger partial charge is 0.573 e. The quantitative estimate of drug-likeness (QED) is 0.718. The minimum Gasteiger partial charge on any atom is -0.406 e. The van der Waals surface area contributed by atoms with Crippen LogP contribution in [0.4, 0.5) is 13.2 Å². The zero-order chi connectivity index (χ0) is 18.3. The van der Waals surface area contributed by atoms with Gasteiger partial charge in [-0.25, -0.2) is 4.79 Å². The minimum atomic E-state index is -4.75. The molecule has 0 aliphatic carbocycles. The lowest BCUT2D eigenvalue weighted by atomic mass is 10.1. The van der Waals surface area contributed by atoms with Crippen LogP contribution < -0.4 is 10.4 Å². The van der Waals surface area contributed by atoms with Crippen molar-refractivity contribution >= 4 is 0 Å². The molecule has 0 spiro atoms. The molecule has 0 saturated heterocycles. The van der Waals surface area contributed by atoms with E-state index >= 15 is 0 Å². The lowest BCUT2D eigenvalue weighted by molar-refractivity contribution is -0.274. The van der Waals surface area contributed by atoms with Gasteiger partial charge in [-0.3, -0.25) is 4.57 Å². The number of aryl methyl sites for hydroxylation is 1. The summed E-state index contributed by atoms with van der Waals surface area (Å²) in [5.74, 6) is 0.322. The highest BCUT2D eigenvalue weighted by Gasteiger charge is 2.31. The predicted molar refractivity (Wildman–Crippen MR) is 87.4 cm³/mol. The maximum absolute atomic E-state index is 12.8. The predicted octanol–water partition coefficient (Wildman–Crippen LogP) is 3.47. The molecule has 2 aromatic carbocycles. The van der Waals surface area contributed by atoms with Gasteiger partial charge in [0.05, 0.1) is 11.7 Å². The molecule has 0 saturated carbocycles. The molecule has 1 aromatic heterocycles. The Balaban J connectivity index is 1.67. The Bertz CT molecular complexity index is 976. The molecule has 4 rings (SSSR count). The fourth-order valence-corrected chi connectivity index (χ4v) is 3.25. The number of alkyl halides is 3. The molecular weight excluding hydrogens is 347 g/mol. The van der Waals surface area contributed by atoms with Crippen LogP contribution in [0.5, 0.6) is 5.75 Å². The zero-order valence-electron chi connectivity index (χ0n) is 13.5. The SMILES string of the molecule is O=c1n(-c2ccc(OC(F)(F)F)cc2)nc2n1[C@H](c1ccccc1)CC2. The summed E-state index contributed by atoms with van der Waals surface area (Å²) >= 11 is 0. The van der Waals surface area contributed by atoms with Crippen molar-refractivity contribution in [2.24, 2.45) is 0 Å². The molecule has 0 fully saturated rings. The monoisotopic (exact) mass is 361 g/mol. The third kappa shape index (κ3) is 2.98. The molecule has 0 radical (unpaired) electrons. The van der Waals surface area contributed by atoms with Gasteiger partial charge >= 0.3 is 12.1 Å². The van der Waals surface area contributed by atoms with Crippen LogP contribution in [0.25, 0.3) is 5.69 Å². The molecule has 1 atom stereocenters. The number of fused-ring (bicyclic) bond motifs is 1. The van der Waals surface area contributed by atoms with Crippen molar-refractivity contribution < 1.29 is 17.9 Å². The number of hydrogen-bond donors (Lipinski definition) is 0. The molecule has 5 nitrogen and oxygen atoms in total. The minimum absolute atomic E-state index is 0.0831. The van der Waals surface area contributed by atoms with Crippen LogP contribution >= 0.6 is 0 Å². The van der Waals surface area contributed by atoms with E-state index in [0.29, 0.717) is 17.9 Å². The molecule has 0 N–H and O–H groups in total. The van der Waals surface area contributed by atoms with E-state index in [1.165, 1.54) is 16.8 Å². The summed E-state index contributed by atoms with van der Waals surface area (Å²) in [4.78, 5) is 12.8. The second-order valence-corrected chi connectivity index (χ2v) is 5.99. The Hall–Kier alpha value is -3.03. The Morgan fingerprint density at radius 1 is 1.04 bits per heavy atom. The first kappa shape index (κ1) is 16.4. The van der Waals surface area contributed by atoms with Crippen LogP contribution in [0.1, 0.15) is 23.9 Å². The Morgan fingerprint density at radius 3 is 2.38 bits per heavy atom. The van der Waals surface area contributed by atoms with Crippen molar-refractivity contribution in [3.05, 3.63) is 76.5 Å². The maximum atomic E-state index is 12.8. The Kier molecular flexibility index (Phi) is 3.82. The van der Waals surface area contributed by atoms with Crippen molar-refractivity contribution in [1.29, 1.82) is 0 Å². The van der Waals surface area contributed by atoms with Crippen LogP contribution in [-0.4, -0.2) is 20.7 Å². The highest BCUT2D eigenvalue weighted by molar-refractivity contribution is 5.37. The van der Waals surface area contributed by atoms with Crippen LogP contribution in [0.3, 0.4) is 0 Å². The molecule has 0 amide bonds. The van der Waals surface area contributed by atoms with E-state index in [4.69, 9.17) is 0 Å². The standard InChI is InChI=1S/C18H14F3N3O2/c19-18(20,21)26-14-8-6-13(7-9-14)24-17(25)23-15(10-11-16(23)22-24)12-4-2-1-3-5-12/h1-9,15H,10-11H2/t15-/m0/s1. The van der Waals surface area contributed by atoms with Gasteiger partial charge in [-0.2, -0.15) is 4.68 Å². The van der Waals surface area contributed by atoms with Gasteiger partial charge < -0.3 is 4.74 Å². The van der Waals surface area contributed by atoms with E-state index < -0.39 is 6.36 Å². The second kappa shape index (κ2) is 6.05. The van der Waals surface area contributed by atoms with E-state index in [-0.39, 0.29) is 17.5 Å². The third-order valence-electron chi connectivity index (χ3n) is 4.33. The van der Waals surface area contributed by atoms with Crippen LogP contribution in [0, 0.1) is 0 Å². The Morgan fingerprint density at radius 2 is 1.73 bits per heavy atom. The number of rotatable bonds is 3. The highest BCUT2D eigenvalue weighted by Crippen LogP contribution is 2.29. The van der Waals surface area contributed by atoms with Gasteiger partial charge in [0, 0.05) is 6.42 Å². The van der Waals surface area contributed by atoms with Gasteiger partial charge in [-0.15, -0.1) is 18.3 Å². The lowest BCUT2D eigenvalue weighted by Gasteiger charge is -2.12. The molecule has 1 aliphatic rings. The van der Waals surface area contributed by atoms with Crippen molar-refractivity contribution in [1.82, 2.24) is 14.3 Å². The molecule has 0 unspecified atom stereocenters. The number of aromatic nitrogens is 3. The number of halogens is 3. The normalized spacial score (nSPS) is 16.5. The first-order chi connectivity index (χ1) is 12.4. The molecule has 1 aliphatic heterocycles. The summed E-state index contributed by atoms with van der Waals surface area (Å²) in [6, 6.07) is 14.7. The number of hydrogen-bond acceptors (Lipinski definition) is 3. The van der Waals surface area contributed by atoms with Crippen molar-refractivity contribution in [3.63, 3.8) is 0 Å². The smallest absolute Gasteiger partial charge is 0.406 e. The van der Waals surface area contributed by atoms with Gasteiger partial charge in [0.15, 0.2) is 0 Å². The maximum Gasteiger partial charge on any atom is 0.573 e. The van der Waals surface area contributed by atoms with Gasteiger partial charge in [-0.1, -0.05) is 30.3 Å². The summed E-state index contributed by atoms with van der Waals surface area (Å²) in [7, 11) is 0. The average molecular weight is 361 g/mol. The Labute approximate surface area is 146 Å². The summed E-state index contributed by atoms with van der Waals surface area (Å²) in [6.45, 7) is 0. The summed E-state index contributed by atoms with van der Waals surface area (Å²) in [5, 5.41) is 4.34. The van der Waals surface area contributed by atoms with Crippen molar-refractivity contribution in [2.75, 3.05) is 0 Å². The molecule has 2 heterocycles. The van der Waals surface area contributed by atoms with E-state index in [1.807, 2.05) is 30.3 Å². The summed E-state index contributed by atoms with van der Waals surface area (Å²) in [5.41, 5.74) is 1.11. The fraction of sp³-hybridized carbons (Fsp3) is 0.222. The zero-order valence-corrected chi connectivity index (χ0v) is 13.5. The van der Waals surface area contributed by atoms with Crippen molar-refractivity contribution in [2.45, 2.75) is 25.2 Å². The molecular formula is C18H14F3N3O2. The van der Waals surface area contributed by atoms with E-state index in [1.54, 1.807) is 4.57 Å². The first-order valence-electron chi connectivity index (χ1n) is 8.04. The van der Waals surface area contributed by atoms with Gasteiger partial charge in [0.25, 0.3) is 0 Å². The molecule has 0 bridgehead atoms. The van der Waals surface area contributed by atoms with E-state index in [0.717, 1.165) is 24.1 Å². The van der Waals surface area contributed by atoms with E-state index in [2.05, 4.69) is 9.84 Å².